The van der Waals surface area contributed by atoms with Gasteiger partial charge in [-0.05, 0) is 25.1 Å². The summed E-state index contributed by atoms with van der Waals surface area (Å²) in [6, 6.07) is 4.80. The number of nitrogens with zero attached hydrogens (tertiary/aromatic N) is 1. The fourth-order valence-corrected chi connectivity index (χ4v) is 1.71. The molecule has 0 saturated heterocycles. The van der Waals surface area contributed by atoms with E-state index in [0.29, 0.717) is 17.0 Å². The SMILES string of the molecule is COc1cc(C(=O)NC(C)c2cn[nH]c2)ccc1N. The molecule has 6 heteroatoms. The van der Waals surface area contributed by atoms with Gasteiger partial charge in [0.15, 0.2) is 0 Å². The number of carbonyl (C=O) groups is 1. The fraction of sp³-hybridized carbons (Fsp3) is 0.231. The monoisotopic (exact) mass is 260 g/mol. The number of H-pyrrole nitrogens is 1. The van der Waals surface area contributed by atoms with Crippen LogP contribution in [0.25, 0.3) is 0 Å². The van der Waals surface area contributed by atoms with E-state index in [9.17, 15) is 4.79 Å². The van der Waals surface area contributed by atoms with Crippen molar-refractivity contribution in [3.63, 3.8) is 0 Å². The van der Waals surface area contributed by atoms with Gasteiger partial charge in [0.1, 0.15) is 5.75 Å². The third-order valence-corrected chi connectivity index (χ3v) is 2.86. The Morgan fingerprint density at radius 2 is 2.32 bits per heavy atom. The molecule has 0 fully saturated rings. The number of amides is 1. The van der Waals surface area contributed by atoms with E-state index in [2.05, 4.69) is 15.5 Å². The van der Waals surface area contributed by atoms with Crippen LogP contribution in [-0.2, 0) is 0 Å². The number of nitrogen functional groups attached to an aromatic ring is 1. The highest BCUT2D eigenvalue weighted by Crippen LogP contribution is 2.22. The fourth-order valence-electron chi connectivity index (χ4n) is 1.71. The first kappa shape index (κ1) is 12.9. The number of benzene rings is 1. The molecule has 6 nitrogen and oxygen atoms in total. The van der Waals surface area contributed by atoms with Crippen molar-refractivity contribution in [2.75, 3.05) is 12.8 Å². The molecule has 1 atom stereocenters. The average molecular weight is 260 g/mol. The smallest absolute Gasteiger partial charge is 0.251 e. The normalized spacial score (nSPS) is 11.9. The maximum absolute atomic E-state index is 12.1. The molecule has 2 aromatic rings. The quantitative estimate of drug-likeness (QED) is 0.726. The topological polar surface area (TPSA) is 93.0 Å². The molecule has 19 heavy (non-hydrogen) atoms. The molecular formula is C13H16N4O2. The van der Waals surface area contributed by atoms with Crippen molar-refractivity contribution in [2.45, 2.75) is 13.0 Å². The summed E-state index contributed by atoms with van der Waals surface area (Å²) in [6.45, 7) is 1.89. The Morgan fingerprint density at radius 1 is 1.53 bits per heavy atom. The van der Waals surface area contributed by atoms with Crippen molar-refractivity contribution in [1.29, 1.82) is 0 Å². The largest absolute Gasteiger partial charge is 0.495 e. The van der Waals surface area contributed by atoms with Crippen LogP contribution in [0.5, 0.6) is 5.75 Å². The minimum atomic E-state index is -0.188. The summed E-state index contributed by atoms with van der Waals surface area (Å²) < 4.78 is 5.09. The number of anilines is 1. The summed E-state index contributed by atoms with van der Waals surface area (Å²) in [7, 11) is 1.52. The Kier molecular flexibility index (Phi) is 3.70. The third-order valence-electron chi connectivity index (χ3n) is 2.86. The molecule has 0 bridgehead atoms. The highest BCUT2D eigenvalue weighted by Gasteiger charge is 2.13. The second-order valence-corrected chi connectivity index (χ2v) is 4.18. The maximum Gasteiger partial charge on any atom is 0.251 e. The van der Waals surface area contributed by atoms with Crippen molar-refractivity contribution in [3.8, 4) is 5.75 Å². The first-order valence-electron chi connectivity index (χ1n) is 5.85. The summed E-state index contributed by atoms with van der Waals surface area (Å²) in [5.74, 6) is 0.301. The maximum atomic E-state index is 12.1. The van der Waals surface area contributed by atoms with Gasteiger partial charge in [-0.2, -0.15) is 5.10 Å². The molecule has 0 saturated carbocycles. The Morgan fingerprint density at radius 3 is 2.95 bits per heavy atom. The van der Waals surface area contributed by atoms with Crippen LogP contribution in [0.15, 0.2) is 30.6 Å². The Balaban J connectivity index is 2.12. The van der Waals surface area contributed by atoms with Gasteiger partial charge in [0.25, 0.3) is 5.91 Å². The first-order chi connectivity index (χ1) is 9.11. The van der Waals surface area contributed by atoms with Crippen LogP contribution < -0.4 is 15.8 Å². The molecule has 0 aliphatic carbocycles. The summed E-state index contributed by atoms with van der Waals surface area (Å²) in [5.41, 5.74) is 7.63. The van der Waals surface area contributed by atoms with Crippen LogP contribution in [-0.4, -0.2) is 23.2 Å². The van der Waals surface area contributed by atoms with Gasteiger partial charge in [0, 0.05) is 17.3 Å². The van der Waals surface area contributed by atoms with Crippen molar-refractivity contribution < 1.29 is 9.53 Å². The number of carbonyl (C=O) groups excluding carboxylic acids is 1. The lowest BCUT2D eigenvalue weighted by molar-refractivity contribution is 0.0939. The highest BCUT2D eigenvalue weighted by atomic mass is 16.5. The molecule has 100 valence electrons. The van der Waals surface area contributed by atoms with Gasteiger partial charge in [-0.3, -0.25) is 9.89 Å². The minimum Gasteiger partial charge on any atom is -0.495 e. The van der Waals surface area contributed by atoms with Gasteiger partial charge in [-0.15, -0.1) is 0 Å². The van der Waals surface area contributed by atoms with Crippen LogP contribution in [0.3, 0.4) is 0 Å². The number of nitrogens with two attached hydrogens (primary N) is 1. The lowest BCUT2D eigenvalue weighted by Crippen LogP contribution is -2.26. The highest BCUT2D eigenvalue weighted by molar-refractivity contribution is 5.95. The second-order valence-electron chi connectivity index (χ2n) is 4.18. The molecule has 1 heterocycles. The molecule has 4 N–H and O–H groups in total. The van der Waals surface area contributed by atoms with Crippen LogP contribution in [0.1, 0.15) is 28.9 Å². The third kappa shape index (κ3) is 2.85. The first-order valence-corrected chi connectivity index (χ1v) is 5.85. The van der Waals surface area contributed by atoms with Crippen LogP contribution in [0.2, 0.25) is 0 Å². The zero-order chi connectivity index (χ0) is 13.8. The Labute approximate surface area is 111 Å². The molecule has 0 aliphatic heterocycles. The number of nitrogens with one attached hydrogen (secondary N) is 2. The Hall–Kier alpha value is -2.50. The van der Waals surface area contributed by atoms with Crippen molar-refractivity contribution in [1.82, 2.24) is 15.5 Å². The summed E-state index contributed by atoms with van der Waals surface area (Å²) >= 11 is 0. The number of methoxy groups -OCH3 is 1. The molecule has 0 spiro atoms. The van der Waals surface area contributed by atoms with Gasteiger partial charge >= 0.3 is 0 Å². The molecule has 1 aromatic carbocycles. The summed E-state index contributed by atoms with van der Waals surface area (Å²) in [5, 5.41) is 9.44. The van der Waals surface area contributed by atoms with Crippen LogP contribution in [0.4, 0.5) is 5.69 Å². The van der Waals surface area contributed by atoms with Gasteiger partial charge < -0.3 is 15.8 Å². The lowest BCUT2D eigenvalue weighted by Gasteiger charge is -2.13. The lowest BCUT2D eigenvalue weighted by atomic mass is 10.1. The summed E-state index contributed by atoms with van der Waals surface area (Å²) in [6.07, 6.45) is 3.42. The predicted molar refractivity (Wildman–Crippen MR) is 71.9 cm³/mol. The van der Waals surface area contributed by atoms with E-state index in [0.717, 1.165) is 5.56 Å². The molecule has 0 radical (unpaired) electrons. The molecule has 0 aliphatic rings. The number of aromatic nitrogens is 2. The molecule has 2 rings (SSSR count). The number of hydrogen-bond acceptors (Lipinski definition) is 4. The van der Waals surface area contributed by atoms with Gasteiger partial charge in [0.05, 0.1) is 25.0 Å². The molecular weight excluding hydrogens is 244 g/mol. The van der Waals surface area contributed by atoms with Crippen molar-refractivity contribution in [2.24, 2.45) is 0 Å². The van der Waals surface area contributed by atoms with Crippen LogP contribution in [0, 0.1) is 0 Å². The molecule has 1 aromatic heterocycles. The number of aromatic amines is 1. The number of hydrogen-bond donors (Lipinski definition) is 3. The number of rotatable bonds is 4. The van der Waals surface area contributed by atoms with Gasteiger partial charge in [0.2, 0.25) is 0 Å². The van der Waals surface area contributed by atoms with Crippen molar-refractivity contribution >= 4 is 11.6 Å². The van der Waals surface area contributed by atoms with Gasteiger partial charge in [-0.1, -0.05) is 0 Å². The molecule has 1 amide bonds. The predicted octanol–water partition coefficient (Wildman–Crippen LogP) is 1.49. The number of ether oxygens (including phenoxy) is 1. The van der Waals surface area contributed by atoms with Crippen molar-refractivity contribution in [3.05, 3.63) is 41.7 Å². The summed E-state index contributed by atoms with van der Waals surface area (Å²) in [4.78, 5) is 12.1. The second kappa shape index (κ2) is 5.43. The zero-order valence-electron chi connectivity index (χ0n) is 10.8. The van der Waals surface area contributed by atoms with E-state index < -0.39 is 0 Å². The van der Waals surface area contributed by atoms with E-state index in [1.807, 2.05) is 6.92 Å². The average Bonchev–Trinajstić information content (AvgIpc) is 2.93. The van der Waals surface area contributed by atoms with Crippen LogP contribution >= 0.6 is 0 Å². The Bertz CT molecular complexity index is 566. The van der Waals surface area contributed by atoms with E-state index in [4.69, 9.17) is 10.5 Å². The van der Waals surface area contributed by atoms with E-state index in [1.165, 1.54) is 7.11 Å². The standard InChI is InChI=1S/C13H16N4O2/c1-8(10-6-15-16-7-10)17-13(18)9-3-4-11(14)12(5-9)19-2/h3-8H,14H2,1-2H3,(H,15,16)(H,17,18). The van der Waals surface area contributed by atoms with Gasteiger partial charge in [-0.25, -0.2) is 0 Å². The minimum absolute atomic E-state index is 0.130. The zero-order valence-corrected chi connectivity index (χ0v) is 10.8. The van der Waals surface area contributed by atoms with E-state index in [-0.39, 0.29) is 11.9 Å². The van der Waals surface area contributed by atoms with E-state index in [1.54, 1.807) is 30.6 Å². The molecule has 1 unspecified atom stereocenters. The van der Waals surface area contributed by atoms with E-state index >= 15 is 0 Å².